The van der Waals surface area contributed by atoms with Crippen LogP contribution in [0.1, 0.15) is 16.8 Å². The number of esters is 1. The van der Waals surface area contributed by atoms with Gasteiger partial charge in [-0.1, -0.05) is 0 Å². The molecule has 1 fully saturated rings. The summed E-state index contributed by atoms with van der Waals surface area (Å²) in [6, 6.07) is 6.68. The zero-order chi connectivity index (χ0) is 13.1. The van der Waals surface area contributed by atoms with E-state index in [2.05, 4.69) is 4.74 Å². The maximum Gasteiger partial charge on any atom is 0.337 e. The van der Waals surface area contributed by atoms with E-state index in [0.717, 1.165) is 5.69 Å². The third kappa shape index (κ3) is 2.36. The minimum Gasteiger partial charge on any atom is -0.465 e. The molecular weight excluding hydrogens is 234 g/mol. The van der Waals surface area contributed by atoms with Gasteiger partial charge in [0.2, 0.25) is 5.91 Å². The number of carbonyl (C=O) groups excluding carboxylic acids is 2. The van der Waals surface area contributed by atoms with Crippen LogP contribution < -0.4 is 4.90 Å². The van der Waals surface area contributed by atoms with Gasteiger partial charge >= 0.3 is 5.97 Å². The highest BCUT2D eigenvalue weighted by Crippen LogP contribution is 2.25. The Morgan fingerprint density at radius 2 is 2.11 bits per heavy atom. The predicted molar refractivity (Wildman–Crippen MR) is 65.3 cm³/mol. The molecule has 96 valence electrons. The van der Waals surface area contributed by atoms with Crippen LogP contribution in [-0.2, 0) is 9.53 Å². The molecule has 0 saturated carbocycles. The Kier molecular flexibility index (Phi) is 3.62. The SMILES string of the molecule is COC(=O)c1ccc(N2CC(CO)CC2=O)cc1. The number of aliphatic hydroxyl groups is 1. The average molecular weight is 249 g/mol. The van der Waals surface area contributed by atoms with E-state index in [9.17, 15) is 9.59 Å². The zero-order valence-corrected chi connectivity index (χ0v) is 10.1. The van der Waals surface area contributed by atoms with Crippen LogP contribution >= 0.6 is 0 Å². The van der Waals surface area contributed by atoms with Gasteiger partial charge in [0.05, 0.1) is 12.7 Å². The maximum absolute atomic E-state index is 11.7. The van der Waals surface area contributed by atoms with Crippen LogP contribution in [0.25, 0.3) is 0 Å². The molecule has 1 aromatic rings. The number of anilines is 1. The molecule has 18 heavy (non-hydrogen) atoms. The number of benzene rings is 1. The highest BCUT2D eigenvalue weighted by molar-refractivity contribution is 5.96. The Morgan fingerprint density at radius 1 is 1.44 bits per heavy atom. The molecule has 1 aliphatic heterocycles. The Labute approximate surface area is 105 Å². The Balaban J connectivity index is 2.15. The summed E-state index contributed by atoms with van der Waals surface area (Å²) in [7, 11) is 1.33. The van der Waals surface area contributed by atoms with Gasteiger partial charge in [-0.2, -0.15) is 0 Å². The van der Waals surface area contributed by atoms with Crippen molar-refractivity contribution < 1.29 is 19.4 Å². The van der Waals surface area contributed by atoms with Crippen molar-refractivity contribution in [3.63, 3.8) is 0 Å². The number of amides is 1. The topological polar surface area (TPSA) is 66.8 Å². The summed E-state index contributed by atoms with van der Waals surface area (Å²) in [5, 5.41) is 9.06. The molecule has 0 aliphatic carbocycles. The minimum atomic E-state index is -0.400. The van der Waals surface area contributed by atoms with E-state index >= 15 is 0 Å². The molecule has 0 spiro atoms. The largest absolute Gasteiger partial charge is 0.465 e. The molecule has 1 aliphatic rings. The molecule has 2 rings (SSSR count). The quantitative estimate of drug-likeness (QED) is 0.805. The highest BCUT2D eigenvalue weighted by atomic mass is 16.5. The van der Waals surface area contributed by atoms with Crippen molar-refractivity contribution in [2.45, 2.75) is 6.42 Å². The van der Waals surface area contributed by atoms with Crippen LogP contribution in [0.4, 0.5) is 5.69 Å². The maximum atomic E-state index is 11.7. The third-order valence-electron chi connectivity index (χ3n) is 3.06. The first kappa shape index (κ1) is 12.6. The van der Waals surface area contributed by atoms with Crippen molar-refractivity contribution in [1.82, 2.24) is 0 Å². The van der Waals surface area contributed by atoms with E-state index in [1.807, 2.05) is 0 Å². The smallest absolute Gasteiger partial charge is 0.337 e. The second-order valence-electron chi connectivity index (χ2n) is 4.30. The van der Waals surface area contributed by atoms with Crippen LogP contribution in [0.5, 0.6) is 0 Å². The molecule has 0 radical (unpaired) electrons. The molecule has 5 nitrogen and oxygen atoms in total. The molecule has 1 N–H and O–H groups in total. The first-order valence-electron chi connectivity index (χ1n) is 5.75. The fourth-order valence-corrected chi connectivity index (χ4v) is 2.05. The van der Waals surface area contributed by atoms with E-state index in [-0.39, 0.29) is 18.4 Å². The Morgan fingerprint density at radius 3 is 2.61 bits per heavy atom. The highest BCUT2D eigenvalue weighted by Gasteiger charge is 2.29. The molecule has 1 aromatic carbocycles. The number of hydrogen-bond acceptors (Lipinski definition) is 4. The summed E-state index contributed by atoms with van der Waals surface area (Å²) >= 11 is 0. The summed E-state index contributed by atoms with van der Waals surface area (Å²) in [6.45, 7) is 0.537. The second kappa shape index (κ2) is 5.18. The number of hydrogen-bond donors (Lipinski definition) is 1. The fraction of sp³-hybridized carbons (Fsp3) is 0.385. The van der Waals surface area contributed by atoms with Gasteiger partial charge in [0.1, 0.15) is 0 Å². The number of ether oxygens (including phenoxy) is 1. The van der Waals surface area contributed by atoms with Crippen molar-refractivity contribution >= 4 is 17.6 Å². The van der Waals surface area contributed by atoms with Crippen LogP contribution in [0.3, 0.4) is 0 Å². The lowest BCUT2D eigenvalue weighted by Gasteiger charge is -2.16. The summed E-state index contributed by atoms with van der Waals surface area (Å²) < 4.78 is 4.60. The van der Waals surface area contributed by atoms with Crippen molar-refractivity contribution in [1.29, 1.82) is 0 Å². The first-order chi connectivity index (χ1) is 8.65. The lowest BCUT2D eigenvalue weighted by atomic mass is 10.1. The van der Waals surface area contributed by atoms with Gasteiger partial charge in [-0.15, -0.1) is 0 Å². The van der Waals surface area contributed by atoms with Gasteiger partial charge in [-0.25, -0.2) is 4.79 Å². The van der Waals surface area contributed by atoms with E-state index in [1.54, 1.807) is 29.2 Å². The van der Waals surface area contributed by atoms with Gasteiger partial charge in [0.25, 0.3) is 0 Å². The average Bonchev–Trinajstić information content (AvgIpc) is 2.79. The molecule has 1 heterocycles. The molecule has 1 amide bonds. The van der Waals surface area contributed by atoms with Gasteiger partial charge < -0.3 is 14.7 Å². The number of carbonyl (C=O) groups is 2. The van der Waals surface area contributed by atoms with Crippen molar-refractivity contribution in [3.8, 4) is 0 Å². The summed E-state index contributed by atoms with van der Waals surface area (Å²) in [6.07, 6.45) is 0.370. The summed E-state index contributed by atoms with van der Waals surface area (Å²) in [4.78, 5) is 24.6. The Bertz CT molecular complexity index is 455. The van der Waals surface area contributed by atoms with Crippen molar-refractivity contribution in [2.24, 2.45) is 5.92 Å². The Hall–Kier alpha value is -1.88. The van der Waals surface area contributed by atoms with Gasteiger partial charge in [0, 0.05) is 31.2 Å². The molecule has 5 heteroatoms. The number of methoxy groups -OCH3 is 1. The van der Waals surface area contributed by atoms with Crippen LogP contribution in [0.15, 0.2) is 24.3 Å². The fourth-order valence-electron chi connectivity index (χ4n) is 2.05. The molecule has 1 atom stereocenters. The van der Waals surface area contributed by atoms with Crippen LogP contribution in [0.2, 0.25) is 0 Å². The van der Waals surface area contributed by atoms with E-state index < -0.39 is 5.97 Å². The standard InChI is InChI=1S/C13H15NO4/c1-18-13(17)10-2-4-11(5-3-10)14-7-9(8-15)6-12(14)16/h2-5,9,15H,6-8H2,1H3. The molecule has 1 saturated heterocycles. The monoisotopic (exact) mass is 249 g/mol. The molecule has 0 bridgehead atoms. The van der Waals surface area contributed by atoms with Gasteiger partial charge in [0.15, 0.2) is 0 Å². The van der Waals surface area contributed by atoms with Crippen molar-refractivity contribution in [2.75, 3.05) is 25.2 Å². The lowest BCUT2D eigenvalue weighted by Crippen LogP contribution is -2.24. The zero-order valence-electron chi connectivity index (χ0n) is 10.1. The molecular formula is C13H15NO4. The summed E-state index contributed by atoms with van der Waals surface area (Å²) in [5.74, 6) is -0.403. The van der Waals surface area contributed by atoms with Gasteiger partial charge in [-0.05, 0) is 24.3 Å². The predicted octanol–water partition coefficient (Wildman–Crippen LogP) is 0.818. The molecule has 0 aromatic heterocycles. The second-order valence-corrected chi connectivity index (χ2v) is 4.30. The first-order valence-corrected chi connectivity index (χ1v) is 5.75. The van der Waals surface area contributed by atoms with Gasteiger partial charge in [-0.3, -0.25) is 4.79 Å². The normalized spacial score (nSPS) is 19.1. The molecule has 1 unspecified atom stereocenters. The lowest BCUT2D eigenvalue weighted by molar-refractivity contribution is -0.117. The number of nitrogens with zero attached hydrogens (tertiary/aromatic N) is 1. The minimum absolute atomic E-state index is 0.000122. The van der Waals surface area contributed by atoms with Crippen molar-refractivity contribution in [3.05, 3.63) is 29.8 Å². The summed E-state index contributed by atoms with van der Waals surface area (Å²) in [5.41, 5.74) is 1.19. The third-order valence-corrected chi connectivity index (χ3v) is 3.06. The van der Waals surface area contributed by atoms with E-state index in [4.69, 9.17) is 5.11 Å². The number of aliphatic hydroxyl groups excluding tert-OH is 1. The van der Waals surface area contributed by atoms with E-state index in [1.165, 1.54) is 7.11 Å². The van der Waals surface area contributed by atoms with E-state index in [0.29, 0.717) is 18.5 Å². The number of rotatable bonds is 3. The van der Waals surface area contributed by atoms with Crippen LogP contribution in [0, 0.1) is 5.92 Å². The van der Waals surface area contributed by atoms with Crippen LogP contribution in [-0.4, -0.2) is 37.2 Å².